The maximum Gasteiger partial charge on any atom is -0.0257 e. The van der Waals surface area contributed by atoms with Crippen LogP contribution in [0.4, 0.5) is 0 Å². The van der Waals surface area contributed by atoms with Gasteiger partial charge >= 0.3 is 0 Å². The van der Waals surface area contributed by atoms with Gasteiger partial charge in [-0.25, -0.2) is 0 Å². The molecule has 0 saturated heterocycles. The van der Waals surface area contributed by atoms with E-state index in [1.165, 1.54) is 24.0 Å². The largest absolute Gasteiger partial charge is 0.0842 e. The van der Waals surface area contributed by atoms with Crippen LogP contribution in [0.1, 0.15) is 37.8 Å². The van der Waals surface area contributed by atoms with Gasteiger partial charge in [-0.3, -0.25) is 0 Å². The molecule has 0 heteroatoms. The highest BCUT2D eigenvalue weighted by Gasteiger charge is 1.91. The Bertz CT molecular complexity index is 271. The highest BCUT2D eigenvalue weighted by Crippen LogP contribution is 2.09. The highest BCUT2D eigenvalue weighted by molar-refractivity contribution is 5.50. The minimum Gasteiger partial charge on any atom is -0.0842 e. The van der Waals surface area contributed by atoms with E-state index in [2.05, 4.69) is 50.3 Å². The minimum atomic E-state index is 1.11. The first-order valence-corrected chi connectivity index (χ1v) is 5.12. The monoisotopic (exact) mass is 174 g/mol. The Morgan fingerprint density at radius 1 is 1.23 bits per heavy atom. The summed E-state index contributed by atoms with van der Waals surface area (Å²) in [5.41, 5.74) is 2.77. The van der Waals surface area contributed by atoms with Crippen molar-refractivity contribution in [2.45, 2.75) is 33.1 Å². The first kappa shape index (κ1) is 10.0. The second kappa shape index (κ2) is 5.58. The van der Waals surface area contributed by atoms with Gasteiger partial charge in [-0.15, -0.1) is 0 Å². The van der Waals surface area contributed by atoms with Crippen LogP contribution in [0.15, 0.2) is 30.3 Å². The number of hydrogen-bond acceptors (Lipinski definition) is 0. The summed E-state index contributed by atoms with van der Waals surface area (Å²) in [6.07, 6.45) is 7.91. The Morgan fingerprint density at radius 2 is 2.08 bits per heavy atom. The summed E-state index contributed by atoms with van der Waals surface area (Å²) in [6, 6.07) is 8.77. The van der Waals surface area contributed by atoms with Crippen molar-refractivity contribution in [3.63, 3.8) is 0 Å². The number of rotatable bonds is 4. The molecule has 0 aliphatic heterocycles. The van der Waals surface area contributed by atoms with Crippen molar-refractivity contribution in [2.24, 2.45) is 0 Å². The second-order valence-electron chi connectivity index (χ2n) is 3.31. The molecule has 0 N–H and O–H groups in total. The molecule has 0 nitrogen and oxygen atoms in total. The smallest absolute Gasteiger partial charge is 0.0257 e. The zero-order chi connectivity index (χ0) is 9.52. The van der Waals surface area contributed by atoms with Crippen molar-refractivity contribution in [1.29, 1.82) is 0 Å². The molecule has 1 aromatic carbocycles. The van der Waals surface area contributed by atoms with E-state index in [9.17, 15) is 0 Å². The third-order valence-electron chi connectivity index (χ3n) is 2.04. The van der Waals surface area contributed by atoms with E-state index in [0.717, 1.165) is 6.42 Å². The molecule has 0 amide bonds. The van der Waals surface area contributed by atoms with Gasteiger partial charge in [0.05, 0.1) is 0 Å². The minimum absolute atomic E-state index is 1.11. The molecule has 0 atom stereocenters. The first-order valence-electron chi connectivity index (χ1n) is 5.12. The van der Waals surface area contributed by atoms with Gasteiger partial charge < -0.3 is 0 Å². The fourth-order valence-electron chi connectivity index (χ4n) is 1.39. The lowest BCUT2D eigenvalue weighted by Crippen LogP contribution is -1.83. The summed E-state index contributed by atoms with van der Waals surface area (Å²) in [5.74, 6) is 0. The van der Waals surface area contributed by atoms with Crippen LogP contribution in [-0.4, -0.2) is 0 Å². The van der Waals surface area contributed by atoms with Crippen molar-refractivity contribution < 1.29 is 0 Å². The summed E-state index contributed by atoms with van der Waals surface area (Å²) < 4.78 is 0. The molecule has 0 saturated carbocycles. The zero-order valence-corrected chi connectivity index (χ0v) is 8.59. The van der Waals surface area contributed by atoms with Crippen molar-refractivity contribution in [1.82, 2.24) is 0 Å². The van der Waals surface area contributed by atoms with Crippen LogP contribution in [0, 0.1) is 0 Å². The Morgan fingerprint density at radius 3 is 2.77 bits per heavy atom. The molecular weight excluding hydrogens is 156 g/mol. The van der Waals surface area contributed by atoms with Crippen LogP contribution in [-0.2, 0) is 6.42 Å². The summed E-state index contributed by atoms with van der Waals surface area (Å²) in [4.78, 5) is 0. The quantitative estimate of drug-likeness (QED) is 0.645. The van der Waals surface area contributed by atoms with Crippen molar-refractivity contribution in [2.75, 3.05) is 0 Å². The Balaban J connectivity index is 2.73. The first-order chi connectivity index (χ1) is 6.36. The van der Waals surface area contributed by atoms with Crippen molar-refractivity contribution in [3.8, 4) is 0 Å². The normalized spacial score (nSPS) is 10.9. The van der Waals surface area contributed by atoms with E-state index in [0.29, 0.717) is 0 Å². The molecule has 0 fully saturated rings. The SMILES string of the molecule is CC/C=C/c1cccc(CCC)c1. The molecule has 1 aromatic rings. The molecule has 13 heavy (non-hydrogen) atoms. The Kier molecular flexibility index (Phi) is 4.31. The fraction of sp³-hybridized carbons (Fsp3) is 0.385. The fourth-order valence-corrected chi connectivity index (χ4v) is 1.39. The zero-order valence-electron chi connectivity index (χ0n) is 8.59. The van der Waals surface area contributed by atoms with Crippen LogP contribution >= 0.6 is 0 Å². The Hall–Kier alpha value is -1.04. The van der Waals surface area contributed by atoms with Crippen LogP contribution in [0.2, 0.25) is 0 Å². The molecule has 0 aromatic heterocycles. The average molecular weight is 174 g/mol. The standard InChI is InChI=1S/C13H18/c1-3-5-8-13-10-6-9-12(11-13)7-4-2/h5-6,8-11H,3-4,7H2,1-2H3/b8-5+. The lowest BCUT2D eigenvalue weighted by atomic mass is 10.1. The second-order valence-corrected chi connectivity index (χ2v) is 3.31. The van der Waals surface area contributed by atoms with E-state index in [4.69, 9.17) is 0 Å². The van der Waals surface area contributed by atoms with Crippen LogP contribution in [0.5, 0.6) is 0 Å². The number of hydrogen-bond donors (Lipinski definition) is 0. The maximum atomic E-state index is 2.27. The number of benzene rings is 1. The molecule has 0 spiro atoms. The Labute approximate surface area is 81.3 Å². The van der Waals surface area contributed by atoms with E-state index in [-0.39, 0.29) is 0 Å². The molecule has 1 rings (SSSR count). The van der Waals surface area contributed by atoms with Gasteiger partial charge in [0.1, 0.15) is 0 Å². The third kappa shape index (κ3) is 3.45. The molecule has 0 aliphatic carbocycles. The third-order valence-corrected chi connectivity index (χ3v) is 2.04. The van der Waals surface area contributed by atoms with Crippen molar-refractivity contribution >= 4 is 6.08 Å². The predicted octanol–water partition coefficient (Wildman–Crippen LogP) is 4.06. The number of allylic oxidation sites excluding steroid dienone is 1. The maximum absolute atomic E-state index is 2.27. The molecule has 0 aliphatic rings. The van der Waals surface area contributed by atoms with Gasteiger partial charge in [-0.1, -0.05) is 56.7 Å². The molecule has 0 bridgehead atoms. The summed E-state index contributed by atoms with van der Waals surface area (Å²) in [6.45, 7) is 4.38. The summed E-state index contributed by atoms with van der Waals surface area (Å²) in [7, 11) is 0. The predicted molar refractivity (Wildman–Crippen MR) is 59.8 cm³/mol. The van der Waals surface area contributed by atoms with E-state index >= 15 is 0 Å². The molecule has 0 heterocycles. The van der Waals surface area contributed by atoms with E-state index < -0.39 is 0 Å². The lowest BCUT2D eigenvalue weighted by Gasteiger charge is -1.99. The molecule has 70 valence electrons. The van der Waals surface area contributed by atoms with E-state index in [1.807, 2.05) is 0 Å². The van der Waals surface area contributed by atoms with Crippen LogP contribution in [0.25, 0.3) is 6.08 Å². The lowest BCUT2D eigenvalue weighted by molar-refractivity contribution is 0.921. The van der Waals surface area contributed by atoms with Gasteiger partial charge in [0.15, 0.2) is 0 Å². The number of aryl methyl sites for hydroxylation is 1. The van der Waals surface area contributed by atoms with Gasteiger partial charge in [0.2, 0.25) is 0 Å². The highest BCUT2D eigenvalue weighted by atomic mass is 14.0. The molecule has 0 radical (unpaired) electrons. The van der Waals surface area contributed by atoms with Crippen LogP contribution in [0.3, 0.4) is 0 Å². The average Bonchev–Trinajstić information content (AvgIpc) is 2.16. The molecule has 0 unspecified atom stereocenters. The summed E-state index contributed by atoms with van der Waals surface area (Å²) >= 11 is 0. The topological polar surface area (TPSA) is 0 Å². The van der Waals surface area contributed by atoms with Crippen LogP contribution < -0.4 is 0 Å². The van der Waals surface area contributed by atoms with Gasteiger partial charge in [-0.2, -0.15) is 0 Å². The van der Waals surface area contributed by atoms with Crippen molar-refractivity contribution in [3.05, 3.63) is 41.5 Å². The summed E-state index contributed by atoms with van der Waals surface area (Å²) in [5, 5.41) is 0. The van der Waals surface area contributed by atoms with Gasteiger partial charge in [-0.05, 0) is 24.0 Å². The molecular formula is C13H18. The van der Waals surface area contributed by atoms with E-state index in [1.54, 1.807) is 0 Å². The van der Waals surface area contributed by atoms with Gasteiger partial charge in [0.25, 0.3) is 0 Å². The van der Waals surface area contributed by atoms with Gasteiger partial charge in [0, 0.05) is 0 Å².